The van der Waals surface area contributed by atoms with Crippen molar-refractivity contribution in [3.63, 3.8) is 0 Å². The molecule has 5 aliphatic rings. The van der Waals surface area contributed by atoms with Crippen molar-refractivity contribution in [2.75, 3.05) is 5.01 Å². The second-order valence-electron chi connectivity index (χ2n) is 9.78. The molecule has 0 spiro atoms. The first-order valence-electron chi connectivity index (χ1n) is 9.72. The van der Waals surface area contributed by atoms with E-state index in [2.05, 4.69) is 11.9 Å². The van der Waals surface area contributed by atoms with Crippen LogP contribution in [0.1, 0.15) is 52.9 Å². The van der Waals surface area contributed by atoms with Gasteiger partial charge in [-0.15, -0.1) is 0 Å². The Kier molecular flexibility index (Phi) is 2.93. The SMILES string of the molecule is CC1(C)C(=O)N([C@H]2C3CC4CC2C[C@](C)(C4)C3)N1c1ccccc1O. The van der Waals surface area contributed by atoms with Crippen molar-refractivity contribution in [1.82, 2.24) is 5.01 Å². The molecule has 1 amide bonds. The first-order chi connectivity index (χ1) is 11.8. The quantitative estimate of drug-likeness (QED) is 0.886. The van der Waals surface area contributed by atoms with E-state index in [1.807, 2.05) is 37.1 Å². The lowest BCUT2D eigenvalue weighted by Crippen LogP contribution is -2.80. The van der Waals surface area contributed by atoms with Crippen molar-refractivity contribution in [3.8, 4) is 5.75 Å². The lowest BCUT2D eigenvalue weighted by Gasteiger charge is -2.67. The largest absolute Gasteiger partial charge is 0.506 e. The van der Waals surface area contributed by atoms with Gasteiger partial charge in [0.05, 0.1) is 6.04 Å². The minimum Gasteiger partial charge on any atom is -0.506 e. The minimum atomic E-state index is -0.586. The fourth-order valence-electron chi connectivity index (χ4n) is 6.82. The maximum Gasteiger partial charge on any atom is 0.268 e. The number of benzene rings is 1. The first-order valence-corrected chi connectivity index (χ1v) is 9.72. The summed E-state index contributed by atoms with van der Waals surface area (Å²) in [6, 6.07) is 7.72. The summed E-state index contributed by atoms with van der Waals surface area (Å²) in [5.41, 5.74) is 0.667. The summed E-state index contributed by atoms with van der Waals surface area (Å²) < 4.78 is 0. The predicted octanol–water partition coefficient (Wildman–Crippen LogP) is 3.95. The van der Waals surface area contributed by atoms with Crippen molar-refractivity contribution in [2.24, 2.45) is 23.2 Å². The van der Waals surface area contributed by atoms with Crippen LogP contribution in [-0.2, 0) is 4.79 Å². The molecule has 1 saturated heterocycles. The minimum absolute atomic E-state index is 0.207. The third-order valence-electron chi connectivity index (χ3n) is 7.40. The Morgan fingerprint density at radius 2 is 1.68 bits per heavy atom. The number of phenols is 1. The van der Waals surface area contributed by atoms with Gasteiger partial charge in [-0.1, -0.05) is 19.1 Å². The van der Waals surface area contributed by atoms with Gasteiger partial charge in [0.2, 0.25) is 0 Å². The van der Waals surface area contributed by atoms with Crippen LogP contribution in [0.5, 0.6) is 5.75 Å². The van der Waals surface area contributed by atoms with E-state index in [1.54, 1.807) is 6.07 Å². The highest BCUT2D eigenvalue weighted by Crippen LogP contribution is 2.62. The van der Waals surface area contributed by atoms with Gasteiger partial charge in [0.25, 0.3) is 5.91 Å². The van der Waals surface area contributed by atoms with Crippen molar-refractivity contribution in [3.05, 3.63) is 24.3 Å². The van der Waals surface area contributed by atoms with Crippen molar-refractivity contribution in [1.29, 1.82) is 0 Å². The number of anilines is 1. The summed E-state index contributed by atoms with van der Waals surface area (Å²) in [6.45, 7) is 6.39. The van der Waals surface area contributed by atoms with Gasteiger partial charge in [-0.25, -0.2) is 5.01 Å². The van der Waals surface area contributed by atoms with Gasteiger partial charge < -0.3 is 5.11 Å². The van der Waals surface area contributed by atoms with Gasteiger partial charge in [-0.05, 0) is 81.3 Å². The van der Waals surface area contributed by atoms with Gasteiger partial charge in [0, 0.05) is 0 Å². The van der Waals surface area contributed by atoms with Crippen LogP contribution in [0.15, 0.2) is 24.3 Å². The number of para-hydroxylation sites is 2. The molecule has 1 heterocycles. The number of hydrogen-bond acceptors (Lipinski definition) is 3. The maximum absolute atomic E-state index is 13.1. The summed E-state index contributed by atoms with van der Waals surface area (Å²) >= 11 is 0. The smallest absolute Gasteiger partial charge is 0.268 e. The van der Waals surface area contributed by atoms with Crippen LogP contribution in [0.4, 0.5) is 5.69 Å². The number of nitrogens with zero attached hydrogens (tertiary/aromatic N) is 2. The Hall–Kier alpha value is -1.71. The topological polar surface area (TPSA) is 43.8 Å². The normalized spacial score (nSPS) is 41.2. The van der Waals surface area contributed by atoms with Crippen LogP contribution in [0.2, 0.25) is 0 Å². The Bertz CT molecular complexity index is 727. The summed E-state index contributed by atoms with van der Waals surface area (Å²) in [7, 11) is 0. The molecule has 6 rings (SSSR count). The second-order valence-corrected chi connectivity index (χ2v) is 9.78. The van der Waals surface area contributed by atoms with Crippen LogP contribution in [0.25, 0.3) is 0 Å². The zero-order chi connectivity index (χ0) is 17.6. The van der Waals surface area contributed by atoms with Gasteiger partial charge in [-0.3, -0.25) is 9.80 Å². The van der Waals surface area contributed by atoms with E-state index in [1.165, 1.54) is 32.1 Å². The number of rotatable bonds is 2. The highest BCUT2D eigenvalue weighted by molar-refractivity contribution is 5.98. The van der Waals surface area contributed by atoms with Gasteiger partial charge >= 0.3 is 0 Å². The molecule has 1 aliphatic heterocycles. The van der Waals surface area contributed by atoms with E-state index in [9.17, 15) is 9.90 Å². The summed E-state index contributed by atoms with van der Waals surface area (Å²) in [6.07, 6.45) is 6.44. The first kappa shape index (κ1) is 15.5. The molecule has 4 nitrogen and oxygen atoms in total. The van der Waals surface area contributed by atoms with E-state index < -0.39 is 5.54 Å². The van der Waals surface area contributed by atoms with E-state index in [0.717, 1.165) is 11.6 Å². The van der Waals surface area contributed by atoms with Gasteiger partial charge in [0.1, 0.15) is 17.0 Å². The standard InChI is InChI=1S/C21H28N2O2/c1-20(2)19(25)22(23(20)16-6-4-5-7-17(16)24)18-14-8-13-9-15(18)12-21(3,10-13)11-14/h4-7,13-15,18,24H,8-12H2,1-3H3/t13?,14?,15?,18-,21+. The summed E-state index contributed by atoms with van der Waals surface area (Å²) in [5.74, 6) is 2.55. The molecule has 1 aromatic rings. The van der Waals surface area contributed by atoms with E-state index in [0.29, 0.717) is 23.3 Å². The molecule has 0 radical (unpaired) electrons. The predicted molar refractivity (Wildman–Crippen MR) is 97.0 cm³/mol. The third kappa shape index (κ3) is 1.97. The highest BCUT2D eigenvalue weighted by atomic mass is 16.3. The van der Waals surface area contributed by atoms with Crippen LogP contribution >= 0.6 is 0 Å². The summed E-state index contributed by atoms with van der Waals surface area (Å²) in [4.78, 5) is 13.1. The van der Waals surface area contributed by atoms with Crippen LogP contribution in [-0.4, -0.2) is 27.6 Å². The average Bonchev–Trinajstić information content (AvgIpc) is 2.53. The molecule has 1 N–H and O–H groups in total. The molecule has 1 aromatic carbocycles. The van der Waals surface area contributed by atoms with Crippen LogP contribution in [0, 0.1) is 23.2 Å². The highest BCUT2D eigenvalue weighted by Gasteiger charge is 2.63. The Balaban J connectivity index is 1.53. The fourth-order valence-corrected chi connectivity index (χ4v) is 6.82. The number of hydrazine groups is 1. The van der Waals surface area contributed by atoms with Gasteiger partial charge in [-0.2, -0.15) is 0 Å². The molecular weight excluding hydrogens is 312 g/mol. The Morgan fingerprint density at radius 1 is 1.04 bits per heavy atom. The monoisotopic (exact) mass is 340 g/mol. The number of phenolic OH excluding ortho intramolecular Hbond substituents is 1. The van der Waals surface area contributed by atoms with Crippen molar-refractivity contribution in [2.45, 2.75) is 64.5 Å². The Labute approximate surface area is 149 Å². The molecule has 4 aliphatic carbocycles. The summed E-state index contributed by atoms with van der Waals surface area (Å²) in [5, 5.41) is 14.5. The average molecular weight is 340 g/mol. The number of amides is 1. The van der Waals surface area contributed by atoms with E-state index in [-0.39, 0.29) is 11.7 Å². The molecule has 2 atom stereocenters. The van der Waals surface area contributed by atoms with Gasteiger partial charge in [0.15, 0.2) is 0 Å². The fraction of sp³-hybridized carbons (Fsp3) is 0.667. The van der Waals surface area contributed by atoms with Crippen LogP contribution < -0.4 is 5.01 Å². The molecule has 0 aromatic heterocycles. The third-order valence-corrected chi connectivity index (χ3v) is 7.40. The molecule has 134 valence electrons. The molecular formula is C21H28N2O2. The zero-order valence-electron chi connectivity index (χ0n) is 15.4. The number of aromatic hydroxyl groups is 1. The molecule has 2 unspecified atom stereocenters. The number of carbonyl (C=O) groups is 1. The molecule has 4 saturated carbocycles. The lowest BCUT2D eigenvalue weighted by atomic mass is 9.48. The van der Waals surface area contributed by atoms with Crippen molar-refractivity contribution < 1.29 is 9.90 Å². The molecule has 5 fully saturated rings. The molecule has 4 heteroatoms. The second kappa shape index (κ2) is 4.72. The maximum atomic E-state index is 13.1. The molecule has 4 bridgehead atoms. The Morgan fingerprint density at radius 3 is 2.28 bits per heavy atom. The van der Waals surface area contributed by atoms with Crippen molar-refractivity contribution >= 4 is 11.6 Å². The van der Waals surface area contributed by atoms with Crippen LogP contribution in [0.3, 0.4) is 0 Å². The lowest BCUT2D eigenvalue weighted by molar-refractivity contribution is -0.176. The molecule has 25 heavy (non-hydrogen) atoms. The van der Waals surface area contributed by atoms with E-state index in [4.69, 9.17) is 0 Å². The van der Waals surface area contributed by atoms with E-state index >= 15 is 0 Å². The number of carbonyl (C=O) groups excluding carboxylic acids is 1. The number of hydrogen-bond donors (Lipinski definition) is 1. The zero-order valence-corrected chi connectivity index (χ0v) is 15.4.